The molecular weight excluding hydrogens is 1780 g/mol. The van der Waals surface area contributed by atoms with Crippen molar-refractivity contribution >= 4 is 0 Å². The highest BCUT2D eigenvalue weighted by Gasteiger charge is 2.18. The molecule has 18 heteroatoms. The van der Waals surface area contributed by atoms with Crippen LogP contribution in [0.5, 0.6) is 0 Å². The third kappa shape index (κ3) is 26.0. The zero-order valence-electron chi connectivity index (χ0n) is 89.5. The summed E-state index contributed by atoms with van der Waals surface area (Å²) < 4.78 is 71.7. The fourth-order valence-electron chi connectivity index (χ4n) is 15.5. The fraction of sp³-hybridized carbons (Fsp3) is 0.0551. The molecule has 23 rings (SSSR count). The van der Waals surface area contributed by atoms with Crippen molar-refractivity contribution in [3.63, 3.8) is 0 Å². The molecule has 0 spiro atoms. The van der Waals surface area contributed by atoms with Crippen LogP contribution >= 0.6 is 0 Å². The number of aryl methyl sites for hydroxylation is 6. The lowest BCUT2D eigenvalue weighted by atomic mass is 10.0. The summed E-state index contributed by atoms with van der Waals surface area (Å²) in [7, 11) is 0. The van der Waals surface area contributed by atoms with Gasteiger partial charge in [0.05, 0.1) is 52.1 Å². The Morgan fingerprint density at radius 3 is 0.814 bits per heavy atom. The predicted octanol–water partition coefficient (Wildman–Crippen LogP) is 29.7. The first-order valence-corrected chi connectivity index (χ1v) is 47.0. The molecular formula is C127H100N18. The van der Waals surface area contributed by atoms with Crippen molar-refractivity contribution in [2.75, 3.05) is 0 Å². The molecule has 9 heterocycles. The maximum atomic E-state index is 8.25. The van der Waals surface area contributed by atoms with Crippen LogP contribution in [0.25, 0.3) is 192 Å². The summed E-state index contributed by atoms with van der Waals surface area (Å²) in [6.07, 6.45) is 10.9. The maximum absolute atomic E-state index is 8.25. The highest BCUT2D eigenvalue weighted by Crippen LogP contribution is 2.35. The standard InChI is InChI=1S/C29H22N2.2C22H17N3.C21H16N4.C17H15N3.C16H13N3/c1-21-12-14-24(15-13-21)27-20-28(31-29(30-27)26-10-6-3-7-11-26)25-18-16-23(17-19-25)22-8-4-2-5-9-22;1-16-24-21(18-6-3-2-4-7-18)14-22(25-16)19-11-9-17(10-12-19)20-8-5-13-23-15-20;1-16-14-21(18-6-3-2-4-7-18)25-22(24-16)19-11-9-17(10-12-19)20-8-5-13-23-15-20;1-15-12-19(16-8-4-2-5-9-16)25-21(24-15)18-13-22-20(23-14-18)17-10-6-3-7-11-17;1-12-7-6-10-15(11-12)17-19-13(2)18-16(20-17)14-8-4-3-5-9-14;1-12-17-15(13-8-4-2-5-9-13)19-16(18-12)14-10-6-3-7-11-14/h2-20H,1H3;2*2-15H,1H3;2-14H,1H3;3-11H,1-2H3;2-11H,1H3/i;;;;3D,4D,5D,6D,7D,8D,9D,10D,11D;. The SMILES string of the molecule is Cc1cc(-c2ccccc2)nc(-c2ccc(-c3cccnc3)cc2)n1.Cc1cc(-c2ccccc2)nc(-c2cnc(-c3ccccc3)nc2)n1.Cc1ccc(-c2cc(-c3ccc(-c4ccccc4)cc3)nc(-c3ccccc3)n2)cc1.Cc1nc(-c2ccccc2)cc(-c2ccc(-c3cccnc3)cc2)n1.Cc1nc(-c2ccccc2)nc(-c2ccccc2)n1.[2H]c1c([2H])c([2H])c(-c2nc(C)nc(-c3c([2H])c([2H])c([2H])c(C)c3[2H])n2)c([2H])c1[2H]. The molecule has 18 nitrogen and oxygen atoms in total. The third-order valence-electron chi connectivity index (χ3n) is 22.7. The van der Waals surface area contributed by atoms with Crippen LogP contribution in [-0.2, 0) is 0 Å². The summed E-state index contributed by atoms with van der Waals surface area (Å²) >= 11 is 0. The van der Waals surface area contributed by atoms with E-state index in [1.54, 1.807) is 24.8 Å². The summed E-state index contributed by atoms with van der Waals surface area (Å²) in [5, 5.41) is 0. The molecule has 0 unspecified atom stereocenters. The molecule has 0 saturated carbocycles. The van der Waals surface area contributed by atoms with Gasteiger partial charge in [0.2, 0.25) is 0 Å². The zero-order chi connectivity index (χ0) is 107. The molecule has 698 valence electrons. The van der Waals surface area contributed by atoms with Crippen LogP contribution in [0.3, 0.4) is 0 Å². The minimum absolute atomic E-state index is 0.0809. The summed E-state index contributed by atoms with van der Waals surface area (Å²) in [6.45, 7) is 12.9. The second kappa shape index (κ2) is 47.4. The Bertz CT molecular complexity index is 8140. The Morgan fingerprint density at radius 2 is 0.428 bits per heavy atom. The van der Waals surface area contributed by atoms with E-state index in [2.05, 4.69) is 258 Å². The van der Waals surface area contributed by atoms with E-state index in [9.17, 15) is 0 Å². The van der Waals surface area contributed by atoms with Crippen molar-refractivity contribution in [3.05, 3.63) is 520 Å². The molecule has 9 aromatic heterocycles. The monoisotopic (exact) mass is 1890 g/mol. The quantitative estimate of drug-likeness (QED) is 0.0824. The van der Waals surface area contributed by atoms with Crippen LogP contribution in [0.2, 0.25) is 0 Å². The van der Waals surface area contributed by atoms with Crippen LogP contribution in [0.1, 0.15) is 52.3 Å². The van der Waals surface area contributed by atoms with Crippen molar-refractivity contribution in [1.82, 2.24) is 89.7 Å². The van der Waals surface area contributed by atoms with E-state index in [1.165, 1.54) is 30.5 Å². The summed E-state index contributed by atoms with van der Waals surface area (Å²) in [5.41, 5.74) is 27.8. The molecule has 0 aliphatic rings. The molecule has 0 atom stereocenters. The molecule has 0 aliphatic heterocycles. The van der Waals surface area contributed by atoms with E-state index in [4.69, 9.17) is 27.3 Å². The first-order chi connectivity index (χ1) is 74.9. The molecule has 0 amide bonds. The Morgan fingerprint density at radius 1 is 0.166 bits per heavy atom. The number of benzene rings is 14. The van der Waals surface area contributed by atoms with Gasteiger partial charge in [-0.3, -0.25) is 9.97 Å². The van der Waals surface area contributed by atoms with E-state index in [1.807, 2.05) is 252 Å². The van der Waals surface area contributed by atoms with Crippen molar-refractivity contribution in [2.45, 2.75) is 48.5 Å². The van der Waals surface area contributed by atoms with Gasteiger partial charge in [-0.05, 0) is 124 Å². The normalized spacial score (nSPS) is 11.5. The van der Waals surface area contributed by atoms with E-state index in [0.29, 0.717) is 23.3 Å². The molecule has 0 saturated heterocycles. The Hall–Kier alpha value is -19.2. The van der Waals surface area contributed by atoms with Gasteiger partial charge < -0.3 is 0 Å². The molecule has 23 aromatic rings. The molecule has 0 bridgehead atoms. The average molecular weight is 1890 g/mol. The molecule has 0 radical (unpaired) electrons. The van der Waals surface area contributed by atoms with Crippen LogP contribution in [-0.4, -0.2) is 89.7 Å². The van der Waals surface area contributed by atoms with E-state index >= 15 is 0 Å². The fourth-order valence-corrected chi connectivity index (χ4v) is 15.5. The average Bonchev–Trinajstić information content (AvgIpc) is 0.757. The topological polar surface area (TPSA) is 232 Å². The van der Waals surface area contributed by atoms with Gasteiger partial charge in [-0.25, -0.2) is 79.7 Å². The van der Waals surface area contributed by atoms with Crippen molar-refractivity contribution < 1.29 is 12.3 Å². The zero-order valence-corrected chi connectivity index (χ0v) is 80.5. The summed E-state index contributed by atoms with van der Waals surface area (Å²) in [6, 6.07) is 127. The van der Waals surface area contributed by atoms with Crippen LogP contribution in [0.4, 0.5) is 0 Å². The van der Waals surface area contributed by atoms with Gasteiger partial charge in [0.1, 0.15) is 17.5 Å². The Labute approximate surface area is 857 Å². The number of pyridine rings is 2. The third-order valence-corrected chi connectivity index (χ3v) is 22.7. The van der Waals surface area contributed by atoms with Crippen LogP contribution < -0.4 is 0 Å². The largest absolute Gasteiger partial charge is 0.264 e. The Kier molecular flexibility index (Phi) is 27.8. The number of hydrogen-bond donors (Lipinski definition) is 0. The molecule has 14 aromatic carbocycles. The number of rotatable bonds is 17. The van der Waals surface area contributed by atoms with Crippen molar-refractivity contribution in [3.8, 4) is 192 Å². The second-order valence-corrected chi connectivity index (χ2v) is 33.4. The maximum Gasteiger partial charge on any atom is 0.163 e. The minimum Gasteiger partial charge on any atom is -0.264 e. The van der Waals surface area contributed by atoms with Gasteiger partial charge in [0, 0.05) is 121 Å². The van der Waals surface area contributed by atoms with Gasteiger partial charge in [-0.15, -0.1) is 0 Å². The minimum atomic E-state index is -0.544. The summed E-state index contributed by atoms with van der Waals surface area (Å²) in [5.74, 6) is 5.57. The molecule has 0 aliphatic carbocycles. The molecule has 0 fully saturated rings. The lowest BCUT2D eigenvalue weighted by Gasteiger charge is -2.10. The van der Waals surface area contributed by atoms with Gasteiger partial charge in [-0.1, -0.05) is 411 Å². The smallest absolute Gasteiger partial charge is 0.163 e. The Balaban J connectivity index is 0.000000121. The number of hydrogen-bond acceptors (Lipinski definition) is 18. The molecule has 0 N–H and O–H groups in total. The predicted molar refractivity (Wildman–Crippen MR) is 585 cm³/mol. The lowest BCUT2D eigenvalue weighted by Crippen LogP contribution is -1.99. The van der Waals surface area contributed by atoms with Crippen molar-refractivity contribution in [1.29, 1.82) is 0 Å². The lowest BCUT2D eigenvalue weighted by molar-refractivity contribution is 0.991. The number of nitrogens with zero attached hydrogens (tertiary/aromatic N) is 18. The summed E-state index contributed by atoms with van der Waals surface area (Å²) in [4.78, 5) is 80.6. The van der Waals surface area contributed by atoms with Crippen LogP contribution in [0, 0.1) is 48.5 Å². The van der Waals surface area contributed by atoms with Gasteiger partial charge in [0.25, 0.3) is 0 Å². The van der Waals surface area contributed by atoms with Crippen molar-refractivity contribution in [2.24, 2.45) is 0 Å². The number of aromatic nitrogens is 18. The van der Waals surface area contributed by atoms with E-state index in [0.717, 1.165) is 158 Å². The highest BCUT2D eigenvalue weighted by molar-refractivity contribution is 5.78. The van der Waals surface area contributed by atoms with Gasteiger partial charge >= 0.3 is 0 Å². The van der Waals surface area contributed by atoms with Crippen LogP contribution in [0.15, 0.2) is 480 Å². The van der Waals surface area contributed by atoms with Gasteiger partial charge in [0.15, 0.2) is 46.6 Å². The first-order valence-electron chi connectivity index (χ1n) is 51.5. The first kappa shape index (κ1) is 85.0. The highest BCUT2D eigenvalue weighted by atomic mass is 15.0. The molecule has 145 heavy (non-hydrogen) atoms. The van der Waals surface area contributed by atoms with E-state index in [-0.39, 0.29) is 52.3 Å². The second-order valence-electron chi connectivity index (χ2n) is 33.4. The van der Waals surface area contributed by atoms with E-state index < -0.39 is 36.3 Å². The van der Waals surface area contributed by atoms with Gasteiger partial charge in [-0.2, -0.15) is 0 Å².